The van der Waals surface area contributed by atoms with E-state index in [2.05, 4.69) is 26.8 Å². The van der Waals surface area contributed by atoms with Gasteiger partial charge in [0.1, 0.15) is 30.4 Å². The van der Waals surface area contributed by atoms with Gasteiger partial charge in [-0.15, -0.1) is 13.2 Å². The highest BCUT2D eigenvalue weighted by Crippen LogP contribution is 2.31. The Morgan fingerprint density at radius 3 is 2.34 bits per heavy atom. The van der Waals surface area contributed by atoms with E-state index < -0.39 is 11.3 Å². The molecule has 1 aromatic heterocycles. The van der Waals surface area contributed by atoms with Crippen LogP contribution in [0.3, 0.4) is 0 Å². The highest BCUT2D eigenvalue weighted by Gasteiger charge is 2.31. The number of piperidine rings is 1. The number of halogens is 3. The predicted molar refractivity (Wildman–Crippen MR) is 130 cm³/mol. The lowest BCUT2D eigenvalue weighted by atomic mass is 9.89. The average molecular weight is 533 g/mol. The van der Waals surface area contributed by atoms with E-state index >= 15 is 0 Å². The van der Waals surface area contributed by atoms with Crippen LogP contribution < -0.4 is 14.2 Å². The normalized spacial score (nSPS) is 18.4. The maximum atomic E-state index is 12.3. The number of hydrogen-bond donors (Lipinski definition) is 0. The summed E-state index contributed by atoms with van der Waals surface area (Å²) in [5.74, 6) is 0.723. The molecule has 12 heteroatoms. The Balaban J connectivity index is 1.06. The lowest BCUT2D eigenvalue weighted by Crippen LogP contribution is -2.32. The largest absolute Gasteiger partial charge is 0.573 e. The third-order valence-electron chi connectivity index (χ3n) is 6.82. The van der Waals surface area contributed by atoms with Gasteiger partial charge in [0, 0.05) is 24.5 Å². The molecule has 0 amide bonds. The van der Waals surface area contributed by atoms with Crippen molar-refractivity contribution in [2.75, 3.05) is 19.7 Å². The van der Waals surface area contributed by atoms with Crippen molar-refractivity contribution in [3.63, 3.8) is 0 Å². The van der Waals surface area contributed by atoms with E-state index in [0.717, 1.165) is 37.2 Å². The van der Waals surface area contributed by atoms with E-state index in [1.807, 2.05) is 12.1 Å². The highest BCUT2D eigenvalue weighted by molar-refractivity contribution is 5.30. The molecular weight excluding hydrogens is 505 g/mol. The first-order chi connectivity index (χ1) is 18.2. The highest BCUT2D eigenvalue weighted by atomic mass is 19.4. The number of nitrogens with zero attached hydrogens (tertiary/aromatic N) is 4. The molecule has 202 valence electrons. The van der Waals surface area contributed by atoms with Crippen LogP contribution in [0.15, 0.2) is 54.7 Å². The zero-order valence-corrected chi connectivity index (χ0v) is 20.5. The van der Waals surface area contributed by atoms with E-state index in [-0.39, 0.29) is 23.7 Å². The number of alkyl halides is 3. The van der Waals surface area contributed by atoms with Gasteiger partial charge in [-0.1, -0.05) is 24.3 Å². The number of aryl methyl sites for hydroxylation is 1. The fourth-order valence-corrected chi connectivity index (χ4v) is 4.84. The fraction of sp³-hybridized carbons (Fsp3) is 0.423. The Hall–Kier alpha value is -3.80. The SMILES string of the molecule is O=[N+]([O-])c1cn2c(n1)O[C@@H](COc1ccc(C3CCN(Cc4ccc(OC(F)(F)F)cc4)CC3)cc1)CC2. The Morgan fingerprint density at radius 2 is 1.68 bits per heavy atom. The van der Waals surface area contributed by atoms with E-state index in [1.54, 1.807) is 16.7 Å². The minimum Gasteiger partial charge on any atom is -0.490 e. The molecule has 2 aliphatic heterocycles. The van der Waals surface area contributed by atoms with Crippen LogP contribution in [-0.2, 0) is 13.1 Å². The zero-order valence-electron chi connectivity index (χ0n) is 20.5. The van der Waals surface area contributed by atoms with Gasteiger partial charge in [-0.3, -0.25) is 9.47 Å². The molecule has 1 atom stereocenters. The van der Waals surface area contributed by atoms with Crippen molar-refractivity contribution in [3.05, 3.63) is 76.0 Å². The van der Waals surface area contributed by atoms with E-state index in [4.69, 9.17) is 9.47 Å². The van der Waals surface area contributed by atoms with Gasteiger partial charge in [0.2, 0.25) is 0 Å². The molecule has 2 aromatic carbocycles. The van der Waals surface area contributed by atoms with Crippen molar-refractivity contribution >= 4 is 5.82 Å². The van der Waals surface area contributed by atoms with Crippen molar-refractivity contribution in [2.45, 2.75) is 50.7 Å². The minimum atomic E-state index is -4.68. The van der Waals surface area contributed by atoms with Crippen LogP contribution in [0.5, 0.6) is 17.5 Å². The van der Waals surface area contributed by atoms with E-state index in [0.29, 0.717) is 32.0 Å². The molecule has 0 bridgehead atoms. The van der Waals surface area contributed by atoms with Gasteiger partial charge in [-0.05, 0) is 72.2 Å². The molecule has 0 unspecified atom stereocenters. The molecule has 1 fully saturated rings. The second-order valence-electron chi connectivity index (χ2n) is 9.48. The summed E-state index contributed by atoms with van der Waals surface area (Å²) in [5.41, 5.74) is 2.19. The van der Waals surface area contributed by atoms with Gasteiger partial charge in [0.05, 0.1) is 0 Å². The molecule has 0 N–H and O–H groups in total. The summed E-state index contributed by atoms with van der Waals surface area (Å²) in [4.78, 5) is 16.6. The van der Waals surface area contributed by atoms with Gasteiger partial charge in [0.15, 0.2) is 0 Å². The van der Waals surface area contributed by atoms with Crippen LogP contribution in [0.4, 0.5) is 19.0 Å². The third kappa shape index (κ3) is 6.55. The van der Waals surface area contributed by atoms with Crippen molar-refractivity contribution in [1.82, 2.24) is 14.5 Å². The maximum absolute atomic E-state index is 12.3. The molecule has 38 heavy (non-hydrogen) atoms. The number of nitro groups is 1. The molecule has 1 saturated heterocycles. The average Bonchev–Trinajstić information content (AvgIpc) is 3.33. The van der Waals surface area contributed by atoms with E-state index in [9.17, 15) is 23.3 Å². The van der Waals surface area contributed by atoms with Gasteiger partial charge in [-0.2, -0.15) is 0 Å². The predicted octanol–water partition coefficient (Wildman–Crippen LogP) is 5.30. The second kappa shape index (κ2) is 10.9. The molecular formula is C26H27F3N4O5. The Labute approximate surface area is 216 Å². The standard InChI is InChI=1S/C26H27F3N4O5/c27-26(28,29)38-22-5-1-18(2-6-22)15-31-12-9-20(10-13-31)19-3-7-21(8-4-19)36-17-23-11-14-32-16-24(33(34)35)30-25(32)37-23/h1-8,16,20,23H,9-15,17H2/t23-/m1/s1. The molecule has 3 heterocycles. The lowest BCUT2D eigenvalue weighted by Gasteiger charge is -2.32. The Bertz CT molecular complexity index is 1240. The second-order valence-corrected chi connectivity index (χ2v) is 9.48. The van der Waals surface area contributed by atoms with Crippen LogP contribution in [-0.4, -0.2) is 51.5 Å². The molecule has 5 rings (SSSR count). The quantitative estimate of drug-likeness (QED) is 0.287. The molecule has 2 aliphatic rings. The molecule has 0 spiro atoms. The number of ether oxygens (including phenoxy) is 3. The van der Waals surface area contributed by atoms with Crippen LogP contribution in [0.25, 0.3) is 0 Å². The summed E-state index contributed by atoms with van der Waals surface area (Å²) < 4.78 is 54.2. The summed E-state index contributed by atoms with van der Waals surface area (Å²) in [5, 5.41) is 10.9. The first-order valence-corrected chi connectivity index (χ1v) is 12.4. The fourth-order valence-electron chi connectivity index (χ4n) is 4.84. The van der Waals surface area contributed by atoms with Crippen molar-refractivity contribution in [2.24, 2.45) is 0 Å². The minimum absolute atomic E-state index is 0.211. The van der Waals surface area contributed by atoms with Crippen molar-refractivity contribution < 1.29 is 32.3 Å². The number of aromatic nitrogens is 2. The van der Waals surface area contributed by atoms with Crippen LogP contribution in [0.2, 0.25) is 0 Å². The summed E-state index contributed by atoms with van der Waals surface area (Å²) in [6, 6.07) is 14.3. The lowest BCUT2D eigenvalue weighted by molar-refractivity contribution is -0.389. The Morgan fingerprint density at radius 1 is 1.00 bits per heavy atom. The van der Waals surface area contributed by atoms with Crippen LogP contribution >= 0.6 is 0 Å². The summed E-state index contributed by atoms with van der Waals surface area (Å²) in [6.07, 6.45) is -0.890. The van der Waals surface area contributed by atoms with Crippen LogP contribution in [0, 0.1) is 10.1 Å². The monoisotopic (exact) mass is 532 g/mol. The topological polar surface area (TPSA) is 91.9 Å². The van der Waals surface area contributed by atoms with Gasteiger partial charge < -0.3 is 24.3 Å². The van der Waals surface area contributed by atoms with Crippen molar-refractivity contribution in [3.8, 4) is 17.5 Å². The van der Waals surface area contributed by atoms with Crippen LogP contribution in [0.1, 0.15) is 36.3 Å². The number of imidazole rings is 1. The van der Waals surface area contributed by atoms with Gasteiger partial charge >= 0.3 is 18.2 Å². The number of hydrogen-bond acceptors (Lipinski definition) is 7. The number of rotatable bonds is 8. The third-order valence-corrected chi connectivity index (χ3v) is 6.82. The van der Waals surface area contributed by atoms with Gasteiger partial charge in [-0.25, -0.2) is 0 Å². The van der Waals surface area contributed by atoms with Crippen molar-refractivity contribution in [1.29, 1.82) is 0 Å². The first-order valence-electron chi connectivity index (χ1n) is 12.4. The first kappa shape index (κ1) is 25.8. The van der Waals surface area contributed by atoms with E-state index in [1.165, 1.54) is 23.9 Å². The number of benzene rings is 2. The zero-order chi connectivity index (χ0) is 26.7. The Kier molecular flexibility index (Phi) is 7.41. The maximum Gasteiger partial charge on any atom is 0.573 e. The molecule has 0 radical (unpaired) electrons. The summed E-state index contributed by atoms with van der Waals surface area (Å²) in [6.45, 7) is 3.39. The van der Waals surface area contributed by atoms with Gasteiger partial charge in [0.25, 0.3) is 0 Å². The molecule has 0 saturated carbocycles. The smallest absolute Gasteiger partial charge is 0.490 e. The number of likely N-dealkylation sites (tertiary alicyclic amines) is 1. The molecule has 3 aromatic rings. The summed E-state index contributed by atoms with van der Waals surface area (Å²) in [7, 11) is 0. The molecule has 9 nitrogen and oxygen atoms in total. The molecule has 0 aliphatic carbocycles. The summed E-state index contributed by atoms with van der Waals surface area (Å²) >= 11 is 0. The number of fused-ring (bicyclic) bond motifs is 1.